The van der Waals surface area contributed by atoms with Gasteiger partial charge in [-0.2, -0.15) is 0 Å². The van der Waals surface area contributed by atoms with Gasteiger partial charge in [-0.3, -0.25) is 0 Å². The normalized spacial score (nSPS) is 16.7. The van der Waals surface area contributed by atoms with E-state index in [1.54, 1.807) is 0 Å². The summed E-state index contributed by atoms with van der Waals surface area (Å²) in [4.78, 5) is 10.7. The summed E-state index contributed by atoms with van der Waals surface area (Å²) in [6, 6.07) is 0. The molecule has 0 atom stereocenters. The fourth-order valence-corrected chi connectivity index (χ4v) is 10.0. The van der Waals surface area contributed by atoms with Crippen LogP contribution < -0.4 is 0 Å². The largest absolute Gasteiger partial charge is 0.420 e. The minimum atomic E-state index is -3.45. The van der Waals surface area contributed by atoms with Gasteiger partial charge in [-0.05, 0) is 0 Å². The molecule has 0 saturated carbocycles. The summed E-state index contributed by atoms with van der Waals surface area (Å²) in [7, 11) is 0. The van der Waals surface area contributed by atoms with E-state index in [1.807, 2.05) is 0 Å². The van der Waals surface area contributed by atoms with Crippen molar-refractivity contribution in [1.82, 2.24) is 0 Å². The highest BCUT2D eigenvalue weighted by molar-refractivity contribution is 6.84. The number of carbonyl (C=O) groups excluding carboxylic acids is 1. The van der Waals surface area contributed by atoms with Crippen molar-refractivity contribution in [3.63, 3.8) is 0 Å². The fourth-order valence-electron chi connectivity index (χ4n) is 2.05. The summed E-state index contributed by atoms with van der Waals surface area (Å²) in [5.41, 5.74) is 0. The zero-order valence-electron chi connectivity index (χ0n) is 16.8. The molecule has 0 aromatic heterocycles. The van der Waals surface area contributed by atoms with Gasteiger partial charge < -0.3 is 4.74 Å². The van der Waals surface area contributed by atoms with Crippen molar-refractivity contribution < 1.29 is 9.53 Å². The third-order valence-electron chi connectivity index (χ3n) is 4.44. The molecule has 0 spiro atoms. The van der Waals surface area contributed by atoms with Crippen molar-refractivity contribution in [2.75, 3.05) is 0 Å². The second-order valence-electron chi connectivity index (χ2n) is 6.94. The second-order valence-corrected chi connectivity index (χ2v) is 23.8. The lowest BCUT2D eigenvalue weighted by Crippen LogP contribution is -2.74. The minimum Gasteiger partial charge on any atom is -0.417 e. The second kappa shape index (κ2) is 14.0. The highest BCUT2D eigenvalue weighted by Gasteiger charge is 2.85. The van der Waals surface area contributed by atoms with Crippen LogP contribution in [0.4, 0.5) is 0 Å². The van der Waals surface area contributed by atoms with Crippen LogP contribution >= 0.6 is 290 Å². The van der Waals surface area contributed by atoms with E-state index < -0.39 is 51.6 Å². The molecule has 0 fully saturated rings. The van der Waals surface area contributed by atoms with Gasteiger partial charge in [0, 0.05) is 0 Å². The number of hydrogen-bond acceptors (Lipinski definition) is 2. The number of rotatable bonds is 12. The van der Waals surface area contributed by atoms with Crippen molar-refractivity contribution in [2.24, 2.45) is 0 Å². The van der Waals surface area contributed by atoms with Crippen LogP contribution in [-0.2, 0) is 9.53 Å². The maximum Gasteiger partial charge on any atom is 0.420 e. The molecule has 0 aliphatic rings. The van der Waals surface area contributed by atoms with Crippen LogP contribution in [0, 0.1) is 0 Å². The topological polar surface area (TPSA) is 26.3 Å². The van der Waals surface area contributed by atoms with E-state index in [1.165, 1.54) is 0 Å². The molecule has 0 aromatic rings. The van der Waals surface area contributed by atoms with Crippen LogP contribution in [0.5, 0.6) is 0 Å². The molecule has 1 radical (unpaired) electrons. The molecule has 239 valence electrons. The third-order valence-corrected chi connectivity index (χ3v) is 21.8. The Bertz CT molecular complexity index is 941. The molecule has 27 heteroatoms. The lowest BCUT2D eigenvalue weighted by molar-refractivity contribution is 0.182. The van der Waals surface area contributed by atoms with Gasteiger partial charge in [-0.1, -0.05) is 290 Å². The summed E-state index contributed by atoms with van der Waals surface area (Å²) >= 11 is 154. The Kier molecular flexibility index (Phi) is 16.4. The molecule has 2 nitrogen and oxygen atoms in total. The summed E-state index contributed by atoms with van der Waals surface area (Å²) in [6.07, 6.45) is 0. The average molecular weight is 1070 g/mol. The van der Waals surface area contributed by atoms with Crippen molar-refractivity contribution in [3.05, 3.63) is 0 Å². The van der Waals surface area contributed by atoms with Gasteiger partial charge in [0.25, 0.3) is 4.52 Å². The number of halogens is 25. The highest BCUT2D eigenvalue weighted by Crippen LogP contribution is 2.76. The van der Waals surface area contributed by atoms with E-state index in [9.17, 15) is 4.79 Å². The Hall–Kier alpha value is 6.72. The Morgan fingerprint density at radius 3 is 0.650 bits per heavy atom. The zero-order valence-corrected chi connectivity index (χ0v) is 35.7. The first-order valence-electron chi connectivity index (χ1n) is 8.09. The van der Waals surface area contributed by atoms with Gasteiger partial charge in [0.05, 0.1) is 0 Å². The monoisotopic (exact) mass is 1060 g/mol. The Balaban J connectivity index is 7.32. The molecule has 0 aromatic carbocycles. The molecule has 0 bridgehead atoms. The first kappa shape index (κ1) is 46.7. The highest BCUT2D eigenvalue weighted by atomic mass is 35.6. The molecule has 0 saturated heterocycles. The summed E-state index contributed by atoms with van der Waals surface area (Å²) in [6.45, 7) is 0.819. The summed E-state index contributed by atoms with van der Waals surface area (Å²) in [5.74, 6) is 0. The molecule has 0 unspecified atom stereocenters. The van der Waals surface area contributed by atoms with Crippen LogP contribution in [0.3, 0.4) is 0 Å². The standard InChI is InChI=1S/C13Cl25O2/c14-2(15,4(18,19)6(22,23)8(26,27)10(30,31)12(34,35)36)3(16,17)5(20,21)7(24,25)9(28,29)11(32,33)13(37,38)40-1-39. The summed E-state index contributed by atoms with van der Waals surface area (Å²) in [5, 5.41) is 0. The quantitative estimate of drug-likeness (QED) is 0.182. The van der Waals surface area contributed by atoms with E-state index in [0.29, 0.717) is 0 Å². The molecular formula is C13Cl25O2. The Morgan fingerprint density at radius 1 is 0.300 bits per heavy atom. The maximum absolute atomic E-state index is 10.7. The van der Waals surface area contributed by atoms with Gasteiger partial charge in [0.2, 0.25) is 12.5 Å². The third kappa shape index (κ3) is 7.10. The molecule has 0 rings (SSSR count). The van der Waals surface area contributed by atoms with Crippen LogP contribution in [0.2, 0.25) is 0 Å². The van der Waals surface area contributed by atoms with Crippen LogP contribution in [0.1, 0.15) is 0 Å². The van der Waals surface area contributed by atoms with Crippen molar-refractivity contribution >= 4 is 296 Å². The number of hydrogen-bond donors (Lipinski definition) is 0. The molecule has 40 heavy (non-hydrogen) atoms. The average Bonchev–Trinajstić information content (AvgIpc) is 2.71. The fraction of sp³-hybridized carbons (Fsp3) is 0.923. The zero-order chi connectivity index (χ0) is 33.4. The SMILES string of the molecule is O=[C]OC(Cl)(Cl)C(Cl)(Cl)C(Cl)(Cl)C(Cl)(Cl)C(Cl)(Cl)C(Cl)(Cl)C(Cl)(Cl)C(Cl)(Cl)C(Cl)(Cl)C(Cl)(Cl)C(Cl)(Cl)C(Cl)(Cl)Cl. The van der Waals surface area contributed by atoms with E-state index in [2.05, 4.69) is 4.74 Å². The molecule has 0 N–H and O–H groups in total. The van der Waals surface area contributed by atoms with Crippen LogP contribution in [-0.4, -0.2) is 58.1 Å². The van der Waals surface area contributed by atoms with Crippen molar-refractivity contribution in [1.29, 1.82) is 0 Å². The van der Waals surface area contributed by atoms with Crippen LogP contribution in [0.15, 0.2) is 0 Å². The van der Waals surface area contributed by atoms with Gasteiger partial charge in [-0.15, -0.1) is 0 Å². The molecule has 0 aliphatic heterocycles. The van der Waals surface area contributed by atoms with E-state index in [4.69, 9.17) is 290 Å². The first-order valence-corrected chi connectivity index (χ1v) is 17.5. The van der Waals surface area contributed by atoms with Gasteiger partial charge in [-0.25, -0.2) is 4.79 Å². The lowest BCUT2D eigenvalue weighted by Gasteiger charge is -2.57. The van der Waals surface area contributed by atoms with Gasteiger partial charge in [0.1, 0.15) is 0 Å². The van der Waals surface area contributed by atoms with Crippen molar-refractivity contribution in [2.45, 2.75) is 51.6 Å². The molecule has 0 aliphatic carbocycles. The number of ether oxygens (including phenoxy) is 1. The van der Waals surface area contributed by atoms with Gasteiger partial charge >= 0.3 is 6.47 Å². The van der Waals surface area contributed by atoms with Crippen LogP contribution in [0.25, 0.3) is 0 Å². The predicted molar refractivity (Wildman–Crippen MR) is 186 cm³/mol. The van der Waals surface area contributed by atoms with E-state index in [0.717, 1.165) is 6.47 Å². The molecular weight excluding hydrogens is 1070 g/mol. The molecule has 0 amide bonds. The smallest absolute Gasteiger partial charge is 0.417 e. The van der Waals surface area contributed by atoms with E-state index in [-0.39, 0.29) is 0 Å². The van der Waals surface area contributed by atoms with E-state index >= 15 is 0 Å². The summed E-state index contributed by atoms with van der Waals surface area (Å²) < 4.78 is -34.7. The van der Waals surface area contributed by atoms with Gasteiger partial charge in [0.15, 0.2) is 34.7 Å². The Morgan fingerprint density at radius 2 is 0.475 bits per heavy atom. The minimum absolute atomic E-state index is 0.819. The molecule has 0 heterocycles. The first-order chi connectivity index (χ1) is 16.8. The lowest BCUT2D eigenvalue weighted by atomic mass is 9.99. The predicted octanol–water partition coefficient (Wildman–Crippen LogP) is 14.3. The number of alkyl halides is 25. The Labute approximate surface area is 352 Å². The maximum atomic E-state index is 10.7. The van der Waals surface area contributed by atoms with Crippen molar-refractivity contribution in [3.8, 4) is 0 Å².